The lowest BCUT2D eigenvalue weighted by atomic mass is 9.70. The molecule has 0 radical (unpaired) electrons. The van der Waals surface area contributed by atoms with Crippen LogP contribution in [-0.2, 0) is 5.41 Å². The van der Waals surface area contributed by atoms with Crippen molar-refractivity contribution in [3.63, 3.8) is 0 Å². The second kappa shape index (κ2) is 11.4. The molecule has 0 saturated carbocycles. The zero-order valence-corrected chi connectivity index (χ0v) is 20.5. The van der Waals surface area contributed by atoms with E-state index in [1.165, 1.54) is 11.1 Å². The summed E-state index contributed by atoms with van der Waals surface area (Å²) in [5.74, 6) is 2.55. The molecule has 0 bridgehead atoms. The molecule has 0 atom stereocenters. The highest BCUT2D eigenvalue weighted by Gasteiger charge is 2.32. The van der Waals surface area contributed by atoms with Crippen molar-refractivity contribution in [1.82, 2.24) is 0 Å². The average Bonchev–Trinajstić information content (AvgIpc) is 2.85. The van der Waals surface area contributed by atoms with Gasteiger partial charge in [-0.25, -0.2) is 0 Å². The van der Waals surface area contributed by atoms with Gasteiger partial charge in [-0.1, -0.05) is 74.4 Å². The highest BCUT2D eigenvalue weighted by atomic mass is 16.5. The van der Waals surface area contributed by atoms with Gasteiger partial charge in [0.2, 0.25) is 0 Å². The molecule has 0 unspecified atom stereocenters. The topological polar surface area (TPSA) is 27.7 Å². The van der Waals surface area contributed by atoms with Gasteiger partial charge < -0.3 is 14.2 Å². The van der Waals surface area contributed by atoms with E-state index in [1.807, 2.05) is 24.3 Å². The van der Waals surface area contributed by atoms with Gasteiger partial charge in [0.05, 0.1) is 0 Å². The standard InChI is InChI=1S/C31H34O3/c1-7-18-32-28-14-10-25(11-15-28)31(6,26-12-16-29(23(4)21-26)33-19-8-2)27-13-17-30(24(5)22-27)34-20-9-3/h7-17,21-22H,1-3,18-20H2,4-6H3. The summed E-state index contributed by atoms with van der Waals surface area (Å²) in [5, 5.41) is 0. The largest absolute Gasteiger partial charge is 0.490 e. The summed E-state index contributed by atoms with van der Waals surface area (Å²) in [6.45, 7) is 19.1. The van der Waals surface area contributed by atoms with Gasteiger partial charge in [-0.15, -0.1) is 0 Å². The molecule has 34 heavy (non-hydrogen) atoms. The van der Waals surface area contributed by atoms with E-state index in [0.29, 0.717) is 19.8 Å². The Balaban J connectivity index is 2.11. The molecule has 0 aromatic heterocycles. The first-order chi connectivity index (χ1) is 16.4. The van der Waals surface area contributed by atoms with Crippen LogP contribution in [0.1, 0.15) is 34.7 Å². The number of rotatable bonds is 12. The Morgan fingerprint density at radius 1 is 0.618 bits per heavy atom. The van der Waals surface area contributed by atoms with Crippen LogP contribution in [0.15, 0.2) is 98.6 Å². The second-order valence-electron chi connectivity index (χ2n) is 8.41. The van der Waals surface area contributed by atoms with Crippen LogP contribution in [0.25, 0.3) is 0 Å². The van der Waals surface area contributed by atoms with E-state index in [0.717, 1.165) is 33.9 Å². The van der Waals surface area contributed by atoms with E-state index in [2.05, 4.69) is 76.9 Å². The van der Waals surface area contributed by atoms with Gasteiger partial charge in [0.25, 0.3) is 0 Å². The van der Waals surface area contributed by atoms with Crippen molar-refractivity contribution in [3.05, 3.63) is 126 Å². The lowest BCUT2D eigenvalue weighted by molar-refractivity contribution is 0.360. The van der Waals surface area contributed by atoms with Crippen LogP contribution < -0.4 is 14.2 Å². The Hall–Kier alpha value is -3.72. The Morgan fingerprint density at radius 3 is 1.44 bits per heavy atom. The lowest BCUT2D eigenvalue weighted by Crippen LogP contribution is -2.25. The quantitative estimate of drug-likeness (QED) is 0.211. The van der Waals surface area contributed by atoms with Crippen LogP contribution in [-0.4, -0.2) is 19.8 Å². The smallest absolute Gasteiger partial charge is 0.122 e. The fourth-order valence-corrected chi connectivity index (χ4v) is 4.08. The molecule has 3 aromatic rings. The van der Waals surface area contributed by atoms with Gasteiger partial charge >= 0.3 is 0 Å². The monoisotopic (exact) mass is 454 g/mol. The molecule has 0 aliphatic rings. The highest BCUT2D eigenvalue weighted by Crippen LogP contribution is 2.42. The van der Waals surface area contributed by atoms with Crippen molar-refractivity contribution in [3.8, 4) is 17.2 Å². The van der Waals surface area contributed by atoms with E-state index in [9.17, 15) is 0 Å². The Labute approximate surface area is 204 Å². The van der Waals surface area contributed by atoms with E-state index in [1.54, 1.807) is 18.2 Å². The second-order valence-corrected chi connectivity index (χ2v) is 8.41. The van der Waals surface area contributed by atoms with Crippen LogP contribution in [0.2, 0.25) is 0 Å². The summed E-state index contributed by atoms with van der Waals surface area (Å²) in [4.78, 5) is 0. The third-order valence-corrected chi connectivity index (χ3v) is 6.02. The molecule has 0 spiro atoms. The molecule has 3 rings (SSSR count). The Kier molecular flexibility index (Phi) is 8.37. The van der Waals surface area contributed by atoms with Crippen molar-refractivity contribution in [2.45, 2.75) is 26.2 Å². The van der Waals surface area contributed by atoms with Crippen molar-refractivity contribution >= 4 is 0 Å². The molecule has 0 fully saturated rings. The molecule has 0 N–H and O–H groups in total. The van der Waals surface area contributed by atoms with E-state index in [-0.39, 0.29) is 0 Å². The number of aryl methyl sites for hydroxylation is 2. The van der Waals surface area contributed by atoms with Gasteiger partial charge in [0.1, 0.15) is 37.1 Å². The summed E-state index contributed by atoms with van der Waals surface area (Å²) in [7, 11) is 0. The summed E-state index contributed by atoms with van der Waals surface area (Å²) in [5.41, 5.74) is 5.28. The van der Waals surface area contributed by atoms with E-state index in [4.69, 9.17) is 14.2 Å². The molecule has 176 valence electrons. The first kappa shape index (κ1) is 24.9. The zero-order valence-electron chi connectivity index (χ0n) is 20.5. The molecular formula is C31H34O3. The zero-order chi connectivity index (χ0) is 24.6. The van der Waals surface area contributed by atoms with E-state index >= 15 is 0 Å². The molecule has 0 saturated heterocycles. The summed E-state index contributed by atoms with van der Waals surface area (Å²) >= 11 is 0. The summed E-state index contributed by atoms with van der Waals surface area (Å²) in [6, 6.07) is 21.1. The number of benzene rings is 3. The van der Waals surface area contributed by atoms with Gasteiger partial charge in [0.15, 0.2) is 0 Å². The summed E-state index contributed by atoms with van der Waals surface area (Å²) < 4.78 is 17.4. The minimum Gasteiger partial charge on any atom is -0.490 e. The maximum Gasteiger partial charge on any atom is 0.122 e. The molecule has 0 aliphatic heterocycles. The fourth-order valence-electron chi connectivity index (χ4n) is 4.08. The summed E-state index contributed by atoms with van der Waals surface area (Å²) in [6.07, 6.45) is 5.26. The van der Waals surface area contributed by atoms with Gasteiger partial charge in [-0.2, -0.15) is 0 Å². The van der Waals surface area contributed by atoms with E-state index < -0.39 is 5.41 Å². The van der Waals surface area contributed by atoms with Crippen LogP contribution in [0, 0.1) is 13.8 Å². The number of hydrogen-bond donors (Lipinski definition) is 0. The molecule has 3 heteroatoms. The van der Waals surface area contributed by atoms with Crippen molar-refractivity contribution < 1.29 is 14.2 Å². The van der Waals surface area contributed by atoms with Crippen LogP contribution >= 0.6 is 0 Å². The van der Waals surface area contributed by atoms with Crippen molar-refractivity contribution in [2.24, 2.45) is 0 Å². The molecule has 0 amide bonds. The van der Waals surface area contributed by atoms with Gasteiger partial charge in [-0.05, 0) is 72.9 Å². The predicted octanol–water partition coefficient (Wildman–Crippen LogP) is 7.35. The molecule has 0 heterocycles. The Morgan fingerprint density at radius 2 is 1.03 bits per heavy atom. The lowest BCUT2D eigenvalue weighted by Gasteiger charge is -2.33. The normalized spacial score (nSPS) is 10.9. The number of hydrogen-bond acceptors (Lipinski definition) is 3. The fraction of sp³-hybridized carbons (Fsp3) is 0.226. The first-order valence-corrected chi connectivity index (χ1v) is 11.5. The minimum atomic E-state index is -0.402. The van der Waals surface area contributed by atoms with Crippen molar-refractivity contribution in [2.75, 3.05) is 19.8 Å². The van der Waals surface area contributed by atoms with Gasteiger partial charge in [-0.3, -0.25) is 0 Å². The number of ether oxygens (including phenoxy) is 3. The highest BCUT2D eigenvalue weighted by molar-refractivity contribution is 5.54. The van der Waals surface area contributed by atoms with Gasteiger partial charge in [0, 0.05) is 5.41 Å². The van der Waals surface area contributed by atoms with Crippen molar-refractivity contribution in [1.29, 1.82) is 0 Å². The van der Waals surface area contributed by atoms with Crippen LogP contribution in [0.3, 0.4) is 0 Å². The average molecular weight is 455 g/mol. The Bertz CT molecular complexity index is 1080. The molecule has 0 aliphatic carbocycles. The maximum absolute atomic E-state index is 5.82. The minimum absolute atomic E-state index is 0.402. The first-order valence-electron chi connectivity index (χ1n) is 11.5. The predicted molar refractivity (Wildman–Crippen MR) is 141 cm³/mol. The third-order valence-electron chi connectivity index (χ3n) is 6.02. The van der Waals surface area contributed by atoms with Crippen LogP contribution in [0.5, 0.6) is 17.2 Å². The molecular weight excluding hydrogens is 420 g/mol. The maximum atomic E-state index is 5.82. The SMILES string of the molecule is C=CCOc1ccc(C(C)(c2ccc(OCC=C)c(C)c2)c2ccc(OCC=C)c(C)c2)cc1. The third kappa shape index (κ3) is 5.43. The van der Waals surface area contributed by atoms with Crippen LogP contribution in [0.4, 0.5) is 0 Å². The molecule has 3 aromatic carbocycles. The molecule has 3 nitrogen and oxygen atoms in total.